The highest BCUT2D eigenvalue weighted by atomic mass is 35.5. The van der Waals surface area contributed by atoms with Gasteiger partial charge in [0.1, 0.15) is 19.0 Å². The maximum Gasteiger partial charge on any atom is 0.261 e. The summed E-state index contributed by atoms with van der Waals surface area (Å²) >= 11 is 0. The molecule has 0 saturated heterocycles. The predicted octanol–water partition coefficient (Wildman–Crippen LogP) is 2.06. The molecule has 3 N–H and O–H groups in total. The molecule has 0 spiro atoms. The lowest BCUT2D eigenvalue weighted by Gasteiger charge is -2.08. The standard InChI is InChI=1S/C13H18F2N2O3.ClH/c14-12(15)9-19-7-5-13(18)17-10-1-3-11(4-2-10)20-8-6-16;/h1-4,12H,5-9,16H2,(H,17,18);1H. The second-order valence-corrected chi connectivity index (χ2v) is 3.93. The Morgan fingerprint density at radius 1 is 1.24 bits per heavy atom. The summed E-state index contributed by atoms with van der Waals surface area (Å²) in [5, 5.41) is 2.63. The fourth-order valence-corrected chi connectivity index (χ4v) is 1.37. The third-order valence-electron chi connectivity index (χ3n) is 2.24. The number of amides is 1. The summed E-state index contributed by atoms with van der Waals surface area (Å²) in [6.07, 6.45) is -2.49. The molecule has 0 aromatic heterocycles. The normalized spacial score (nSPS) is 10.1. The highest BCUT2D eigenvalue weighted by Crippen LogP contribution is 2.15. The molecule has 21 heavy (non-hydrogen) atoms. The molecule has 0 saturated carbocycles. The third-order valence-corrected chi connectivity index (χ3v) is 2.24. The molecule has 1 rings (SSSR count). The van der Waals surface area contributed by atoms with Crippen LogP contribution in [0.3, 0.4) is 0 Å². The van der Waals surface area contributed by atoms with E-state index in [0.29, 0.717) is 24.6 Å². The van der Waals surface area contributed by atoms with E-state index in [1.165, 1.54) is 0 Å². The van der Waals surface area contributed by atoms with E-state index in [4.69, 9.17) is 10.5 Å². The average molecular weight is 325 g/mol. The monoisotopic (exact) mass is 324 g/mol. The first-order valence-electron chi connectivity index (χ1n) is 6.20. The van der Waals surface area contributed by atoms with E-state index in [2.05, 4.69) is 10.1 Å². The Labute approximate surface area is 128 Å². The number of benzene rings is 1. The molecule has 1 aromatic rings. The number of alkyl halides is 2. The fraction of sp³-hybridized carbons (Fsp3) is 0.462. The fourth-order valence-electron chi connectivity index (χ4n) is 1.37. The Morgan fingerprint density at radius 2 is 1.90 bits per heavy atom. The quantitative estimate of drug-likeness (QED) is 0.682. The van der Waals surface area contributed by atoms with Gasteiger partial charge in [-0.15, -0.1) is 12.4 Å². The summed E-state index contributed by atoms with van der Waals surface area (Å²) < 4.78 is 33.5. The van der Waals surface area contributed by atoms with Gasteiger partial charge in [-0.05, 0) is 24.3 Å². The Bertz CT molecular complexity index is 405. The minimum atomic E-state index is -2.51. The van der Waals surface area contributed by atoms with Crippen molar-refractivity contribution in [1.82, 2.24) is 0 Å². The molecule has 0 atom stereocenters. The SMILES string of the molecule is Cl.NCCOc1ccc(NC(=O)CCOCC(F)F)cc1. The van der Waals surface area contributed by atoms with Crippen molar-refractivity contribution in [3.05, 3.63) is 24.3 Å². The van der Waals surface area contributed by atoms with Crippen molar-refractivity contribution in [2.75, 3.05) is 31.7 Å². The van der Waals surface area contributed by atoms with Crippen LogP contribution in [0.15, 0.2) is 24.3 Å². The first-order valence-corrected chi connectivity index (χ1v) is 6.20. The van der Waals surface area contributed by atoms with Crippen LogP contribution in [0.4, 0.5) is 14.5 Å². The van der Waals surface area contributed by atoms with Crippen LogP contribution in [-0.4, -0.2) is 38.7 Å². The van der Waals surface area contributed by atoms with E-state index in [0.717, 1.165) is 0 Å². The van der Waals surface area contributed by atoms with Crippen LogP contribution in [0.2, 0.25) is 0 Å². The van der Waals surface area contributed by atoms with Gasteiger partial charge >= 0.3 is 0 Å². The maximum atomic E-state index is 11.8. The zero-order valence-corrected chi connectivity index (χ0v) is 12.2. The summed E-state index contributed by atoms with van der Waals surface area (Å²) in [6, 6.07) is 6.78. The Hall–Kier alpha value is -1.44. The molecule has 5 nitrogen and oxygen atoms in total. The Morgan fingerprint density at radius 3 is 2.48 bits per heavy atom. The van der Waals surface area contributed by atoms with Crippen LogP contribution in [0.25, 0.3) is 0 Å². The number of ether oxygens (including phenoxy) is 2. The van der Waals surface area contributed by atoms with E-state index < -0.39 is 13.0 Å². The van der Waals surface area contributed by atoms with Crippen molar-refractivity contribution in [1.29, 1.82) is 0 Å². The van der Waals surface area contributed by atoms with Crippen molar-refractivity contribution >= 4 is 24.0 Å². The van der Waals surface area contributed by atoms with Crippen molar-refractivity contribution in [3.63, 3.8) is 0 Å². The summed E-state index contributed by atoms with van der Waals surface area (Å²) in [7, 11) is 0. The van der Waals surface area contributed by atoms with E-state index in [9.17, 15) is 13.6 Å². The first-order chi connectivity index (χ1) is 9.61. The number of hydrogen-bond donors (Lipinski definition) is 2. The zero-order valence-electron chi connectivity index (χ0n) is 11.4. The molecule has 8 heteroatoms. The second-order valence-electron chi connectivity index (χ2n) is 3.93. The van der Waals surface area contributed by atoms with Crippen molar-refractivity contribution < 1.29 is 23.0 Å². The molecule has 0 unspecified atom stereocenters. The smallest absolute Gasteiger partial charge is 0.261 e. The van der Waals surface area contributed by atoms with Gasteiger partial charge in [0.05, 0.1) is 13.0 Å². The molecule has 0 aliphatic heterocycles. The van der Waals surface area contributed by atoms with Gasteiger partial charge in [-0.3, -0.25) is 4.79 Å². The lowest BCUT2D eigenvalue weighted by atomic mass is 10.3. The predicted molar refractivity (Wildman–Crippen MR) is 78.3 cm³/mol. The first kappa shape index (κ1) is 19.6. The number of anilines is 1. The minimum Gasteiger partial charge on any atom is -0.492 e. The Balaban J connectivity index is 0.00000400. The number of halogens is 3. The summed E-state index contributed by atoms with van der Waals surface area (Å²) in [6.45, 7) is 0.165. The summed E-state index contributed by atoms with van der Waals surface area (Å²) in [5.41, 5.74) is 5.91. The molecule has 0 aliphatic rings. The number of nitrogens with two attached hydrogens (primary N) is 1. The van der Waals surface area contributed by atoms with Crippen molar-refractivity contribution in [2.45, 2.75) is 12.8 Å². The molecule has 0 fully saturated rings. The average Bonchev–Trinajstić information content (AvgIpc) is 2.43. The highest BCUT2D eigenvalue weighted by Gasteiger charge is 2.05. The maximum absolute atomic E-state index is 11.8. The lowest BCUT2D eigenvalue weighted by Crippen LogP contribution is -2.15. The largest absolute Gasteiger partial charge is 0.492 e. The molecule has 0 aliphatic carbocycles. The van der Waals surface area contributed by atoms with Gasteiger partial charge in [-0.25, -0.2) is 8.78 Å². The zero-order chi connectivity index (χ0) is 14.8. The van der Waals surface area contributed by atoms with Gasteiger partial charge in [-0.2, -0.15) is 0 Å². The molecular weight excluding hydrogens is 306 g/mol. The van der Waals surface area contributed by atoms with Crippen LogP contribution in [0.5, 0.6) is 5.75 Å². The molecule has 0 heterocycles. The summed E-state index contributed by atoms with van der Waals surface area (Å²) in [4.78, 5) is 11.5. The lowest BCUT2D eigenvalue weighted by molar-refractivity contribution is -0.117. The van der Waals surface area contributed by atoms with E-state index >= 15 is 0 Å². The number of hydrogen-bond acceptors (Lipinski definition) is 4. The second kappa shape index (κ2) is 11.2. The van der Waals surface area contributed by atoms with Gasteiger partial charge in [0.25, 0.3) is 6.43 Å². The topological polar surface area (TPSA) is 73.6 Å². The highest BCUT2D eigenvalue weighted by molar-refractivity contribution is 5.90. The van der Waals surface area contributed by atoms with Gasteiger partial charge in [0, 0.05) is 12.2 Å². The third kappa shape index (κ3) is 9.17. The van der Waals surface area contributed by atoms with Gasteiger partial charge < -0.3 is 20.5 Å². The molecule has 1 aromatic carbocycles. The number of carbonyl (C=O) groups excluding carboxylic acids is 1. The van der Waals surface area contributed by atoms with Crippen LogP contribution < -0.4 is 15.8 Å². The molecule has 1 amide bonds. The molecule has 0 bridgehead atoms. The molecule has 120 valence electrons. The number of rotatable bonds is 9. The Kier molecular flexibility index (Phi) is 10.5. The van der Waals surface area contributed by atoms with Crippen molar-refractivity contribution in [2.24, 2.45) is 5.73 Å². The van der Waals surface area contributed by atoms with E-state index in [1.807, 2.05) is 0 Å². The van der Waals surface area contributed by atoms with Gasteiger partial charge in [0.15, 0.2) is 0 Å². The van der Waals surface area contributed by atoms with Crippen LogP contribution in [0, 0.1) is 0 Å². The van der Waals surface area contributed by atoms with Crippen LogP contribution in [-0.2, 0) is 9.53 Å². The number of nitrogens with one attached hydrogen (secondary N) is 1. The van der Waals surface area contributed by atoms with Gasteiger partial charge in [0.2, 0.25) is 5.91 Å². The molecular formula is C13H19ClF2N2O3. The molecule has 0 radical (unpaired) electrons. The van der Waals surface area contributed by atoms with Gasteiger partial charge in [-0.1, -0.05) is 0 Å². The van der Waals surface area contributed by atoms with Crippen LogP contribution >= 0.6 is 12.4 Å². The minimum absolute atomic E-state index is 0. The number of carbonyl (C=O) groups is 1. The van der Waals surface area contributed by atoms with Crippen LogP contribution in [0.1, 0.15) is 6.42 Å². The van der Waals surface area contributed by atoms with E-state index in [-0.39, 0.29) is 31.3 Å². The van der Waals surface area contributed by atoms with E-state index in [1.54, 1.807) is 24.3 Å². The van der Waals surface area contributed by atoms with Crippen molar-refractivity contribution in [3.8, 4) is 5.75 Å². The summed E-state index contributed by atoms with van der Waals surface area (Å²) in [5.74, 6) is 0.364.